The van der Waals surface area contributed by atoms with Crippen molar-refractivity contribution in [3.8, 4) is 0 Å². The first-order valence-electron chi connectivity index (χ1n) is 9.96. The highest BCUT2D eigenvalue weighted by molar-refractivity contribution is 6.33. The Morgan fingerprint density at radius 3 is 2.36 bits per heavy atom. The van der Waals surface area contributed by atoms with Crippen LogP contribution in [0.25, 0.3) is 0 Å². The third-order valence-electron chi connectivity index (χ3n) is 5.39. The zero-order valence-corrected chi connectivity index (χ0v) is 18.1. The van der Waals surface area contributed by atoms with Crippen molar-refractivity contribution in [1.29, 1.82) is 0 Å². The predicted octanol–water partition coefficient (Wildman–Crippen LogP) is 3.85. The van der Waals surface area contributed by atoms with E-state index in [1.165, 1.54) is 13.1 Å². The number of likely N-dealkylation sites (N-methyl/N-ethyl adjacent to an activating group) is 1. The zero-order chi connectivity index (χ0) is 24.3. The van der Waals surface area contributed by atoms with Gasteiger partial charge in [-0.25, -0.2) is 13.8 Å². The second kappa shape index (κ2) is 9.90. The van der Waals surface area contributed by atoms with Crippen molar-refractivity contribution in [2.45, 2.75) is 25.1 Å². The van der Waals surface area contributed by atoms with Crippen LogP contribution in [0.3, 0.4) is 0 Å². The molecule has 1 fully saturated rings. The number of hydrogen-bond acceptors (Lipinski definition) is 4. The van der Waals surface area contributed by atoms with Gasteiger partial charge in [0.05, 0.1) is 10.6 Å². The summed E-state index contributed by atoms with van der Waals surface area (Å²) in [4.78, 5) is 30.5. The second-order valence-electron chi connectivity index (χ2n) is 7.52. The van der Waals surface area contributed by atoms with E-state index in [0.717, 1.165) is 18.2 Å². The van der Waals surface area contributed by atoms with Crippen LogP contribution < -0.4 is 15.5 Å². The highest BCUT2D eigenvalue weighted by Gasteiger charge is 2.33. The van der Waals surface area contributed by atoms with Crippen molar-refractivity contribution in [3.63, 3.8) is 0 Å². The molecule has 0 spiro atoms. The Labute approximate surface area is 191 Å². The summed E-state index contributed by atoms with van der Waals surface area (Å²) in [6.45, 7) is 0.595. The van der Waals surface area contributed by atoms with Crippen molar-refractivity contribution >= 4 is 29.2 Å². The molecule has 0 bridgehead atoms. The lowest BCUT2D eigenvalue weighted by atomic mass is 9.94. The molecule has 178 valence electrons. The third kappa shape index (κ3) is 5.70. The molecule has 1 aromatic carbocycles. The first kappa shape index (κ1) is 24.7. The maximum atomic E-state index is 13.6. The fourth-order valence-corrected chi connectivity index (χ4v) is 3.85. The summed E-state index contributed by atoms with van der Waals surface area (Å²) in [5.74, 6) is -3.61. The molecule has 1 aromatic heterocycles. The quantitative estimate of drug-likeness (QED) is 0.624. The van der Waals surface area contributed by atoms with Gasteiger partial charge in [0.25, 0.3) is 0 Å². The van der Waals surface area contributed by atoms with Gasteiger partial charge in [-0.1, -0.05) is 17.7 Å². The minimum absolute atomic E-state index is 0.0831. The molecule has 1 unspecified atom stereocenters. The molecule has 12 heteroatoms. The van der Waals surface area contributed by atoms with Gasteiger partial charge in [-0.2, -0.15) is 13.2 Å². The van der Waals surface area contributed by atoms with E-state index in [0.29, 0.717) is 32.1 Å². The van der Waals surface area contributed by atoms with Gasteiger partial charge in [0.1, 0.15) is 11.9 Å². The summed E-state index contributed by atoms with van der Waals surface area (Å²) in [6, 6.07) is 2.50. The molecule has 2 aromatic rings. The molecule has 33 heavy (non-hydrogen) atoms. The van der Waals surface area contributed by atoms with Crippen LogP contribution in [0.4, 0.5) is 27.8 Å². The molecule has 2 N–H and O–H groups in total. The molecule has 1 atom stereocenters. The maximum absolute atomic E-state index is 13.6. The van der Waals surface area contributed by atoms with Crippen LogP contribution in [0, 0.1) is 17.6 Å². The van der Waals surface area contributed by atoms with E-state index < -0.39 is 47.1 Å². The molecular formula is C21H20ClF5N4O2. The van der Waals surface area contributed by atoms with Crippen molar-refractivity contribution in [3.05, 3.63) is 58.2 Å². The monoisotopic (exact) mass is 490 g/mol. The summed E-state index contributed by atoms with van der Waals surface area (Å²) in [6.07, 6.45) is -3.21. The van der Waals surface area contributed by atoms with Crippen LogP contribution in [0.5, 0.6) is 0 Å². The number of nitrogens with zero attached hydrogens (tertiary/aromatic N) is 2. The average molecular weight is 491 g/mol. The van der Waals surface area contributed by atoms with Gasteiger partial charge >= 0.3 is 6.18 Å². The lowest BCUT2D eigenvalue weighted by Crippen LogP contribution is -2.45. The number of amides is 2. The predicted molar refractivity (Wildman–Crippen MR) is 110 cm³/mol. The number of alkyl halides is 3. The van der Waals surface area contributed by atoms with Crippen LogP contribution in [0.2, 0.25) is 5.02 Å². The zero-order valence-electron chi connectivity index (χ0n) is 17.3. The average Bonchev–Trinajstić information content (AvgIpc) is 2.78. The van der Waals surface area contributed by atoms with Gasteiger partial charge in [0.15, 0.2) is 11.6 Å². The lowest BCUT2D eigenvalue weighted by Gasteiger charge is -2.33. The molecule has 6 nitrogen and oxygen atoms in total. The molecule has 2 amide bonds. The molecule has 0 saturated carbocycles. The molecule has 1 aliphatic rings. The number of nitrogens with one attached hydrogen (secondary N) is 2. The number of carbonyl (C=O) groups is 2. The van der Waals surface area contributed by atoms with Crippen LogP contribution in [0.15, 0.2) is 30.5 Å². The Bertz CT molecular complexity index is 1040. The number of halogens is 6. The van der Waals surface area contributed by atoms with Crippen LogP contribution in [-0.4, -0.2) is 36.9 Å². The molecule has 1 saturated heterocycles. The Balaban J connectivity index is 1.66. The highest BCUT2D eigenvalue weighted by atomic mass is 35.5. The fourth-order valence-electron chi connectivity index (χ4n) is 3.57. The number of aromatic nitrogens is 1. The van der Waals surface area contributed by atoms with Crippen molar-refractivity contribution in [2.24, 2.45) is 5.92 Å². The standard InChI is InChI=1S/C21H20ClF5N4O2/c1-28-20(33)17(12-2-3-15(23)16(24)8-12)30-19(32)11-4-6-31(7-5-11)18-14(22)9-13(10-29-18)21(25,26)27/h2-3,8-11,17H,4-7H2,1H3,(H,28,33)(H,30,32). The van der Waals surface area contributed by atoms with Gasteiger partial charge in [-0.05, 0) is 36.6 Å². The molecule has 0 radical (unpaired) electrons. The normalized spacial score (nSPS) is 15.8. The van der Waals surface area contributed by atoms with Gasteiger partial charge < -0.3 is 15.5 Å². The van der Waals surface area contributed by atoms with Crippen molar-refractivity contribution in [1.82, 2.24) is 15.6 Å². The number of benzene rings is 1. The van der Waals surface area contributed by atoms with Crippen molar-refractivity contribution in [2.75, 3.05) is 25.0 Å². The number of carbonyl (C=O) groups excluding carboxylic acids is 2. The van der Waals surface area contributed by atoms with Gasteiger partial charge in [-0.15, -0.1) is 0 Å². The Hall–Kier alpha value is -2.95. The summed E-state index contributed by atoms with van der Waals surface area (Å²) < 4.78 is 65.3. The van der Waals surface area contributed by atoms with Crippen LogP contribution in [0.1, 0.15) is 30.0 Å². The van der Waals surface area contributed by atoms with E-state index in [4.69, 9.17) is 11.6 Å². The Morgan fingerprint density at radius 2 is 1.82 bits per heavy atom. The molecule has 1 aliphatic heterocycles. The number of anilines is 1. The molecule has 3 rings (SSSR count). The number of pyridine rings is 1. The van der Waals surface area contributed by atoms with E-state index >= 15 is 0 Å². The van der Waals surface area contributed by atoms with E-state index in [1.54, 1.807) is 4.90 Å². The van der Waals surface area contributed by atoms with E-state index in [2.05, 4.69) is 15.6 Å². The van der Waals surface area contributed by atoms with Crippen LogP contribution >= 0.6 is 11.6 Å². The highest BCUT2D eigenvalue weighted by Crippen LogP contribution is 2.34. The first-order valence-corrected chi connectivity index (χ1v) is 10.3. The Kier molecular flexibility index (Phi) is 7.41. The smallest absolute Gasteiger partial charge is 0.357 e. The number of piperidine rings is 1. The SMILES string of the molecule is CNC(=O)C(NC(=O)C1CCN(c2ncc(C(F)(F)F)cc2Cl)CC1)c1ccc(F)c(F)c1. The van der Waals surface area contributed by atoms with Gasteiger partial charge in [0.2, 0.25) is 11.8 Å². The maximum Gasteiger partial charge on any atom is 0.417 e. The minimum atomic E-state index is -4.56. The van der Waals surface area contributed by atoms with E-state index in [1.807, 2.05) is 0 Å². The largest absolute Gasteiger partial charge is 0.417 e. The van der Waals surface area contributed by atoms with Gasteiger partial charge in [-0.3, -0.25) is 9.59 Å². The molecule has 0 aliphatic carbocycles. The van der Waals surface area contributed by atoms with Crippen molar-refractivity contribution < 1.29 is 31.5 Å². The summed E-state index contributed by atoms with van der Waals surface area (Å²) >= 11 is 5.99. The second-order valence-corrected chi connectivity index (χ2v) is 7.93. The molecule has 2 heterocycles. The van der Waals surface area contributed by atoms with E-state index in [9.17, 15) is 31.5 Å². The lowest BCUT2D eigenvalue weighted by molar-refractivity contribution is -0.137. The molecular weight excluding hydrogens is 471 g/mol. The Morgan fingerprint density at radius 1 is 1.15 bits per heavy atom. The van der Waals surface area contributed by atoms with E-state index in [-0.39, 0.29) is 16.4 Å². The summed E-state index contributed by atoms with van der Waals surface area (Å²) in [7, 11) is 1.35. The fraction of sp³-hybridized carbons (Fsp3) is 0.381. The number of hydrogen-bond donors (Lipinski definition) is 2. The first-order chi connectivity index (χ1) is 15.5. The number of rotatable bonds is 5. The topological polar surface area (TPSA) is 74.3 Å². The summed E-state index contributed by atoms with van der Waals surface area (Å²) in [5, 5.41) is 4.79. The van der Waals surface area contributed by atoms with Crippen LogP contribution in [-0.2, 0) is 15.8 Å². The van der Waals surface area contributed by atoms with Gasteiger partial charge in [0, 0.05) is 32.3 Å². The summed E-state index contributed by atoms with van der Waals surface area (Å²) in [5.41, 5.74) is -0.872. The third-order valence-corrected chi connectivity index (χ3v) is 5.66. The minimum Gasteiger partial charge on any atom is -0.357 e.